The van der Waals surface area contributed by atoms with Crippen LogP contribution in [0.3, 0.4) is 0 Å². The summed E-state index contributed by atoms with van der Waals surface area (Å²) in [5.74, 6) is 0.128. The largest absolute Gasteiger partial charge is 0.301 e. The highest BCUT2D eigenvalue weighted by Gasteiger charge is 2.22. The molecule has 8 nitrogen and oxygen atoms in total. The Morgan fingerprint density at radius 1 is 0.763 bits per heavy atom. The molecular weight excluding hydrogens is 614 g/mol. The molecule has 38 heavy (non-hydrogen) atoms. The average molecular weight is 634 g/mol. The molecule has 0 atom stereocenters. The molecule has 2 aromatic heterocycles. The smallest absolute Gasteiger partial charge is 0.251 e. The second-order valence-corrected chi connectivity index (χ2v) is 12.3. The molecule has 0 amide bonds. The summed E-state index contributed by atoms with van der Waals surface area (Å²) >= 11 is 25.4. The first-order valence-corrected chi connectivity index (χ1v) is 14.9. The second-order valence-electron chi connectivity index (χ2n) is 7.83. The van der Waals surface area contributed by atoms with Gasteiger partial charge in [-0.2, -0.15) is 0 Å². The maximum absolute atomic E-state index is 12.3. The molecule has 2 aromatic carbocycles. The van der Waals surface area contributed by atoms with Crippen molar-refractivity contribution < 1.29 is 8.42 Å². The monoisotopic (exact) mass is 632 g/mol. The summed E-state index contributed by atoms with van der Waals surface area (Å²) < 4.78 is 24.5. The van der Waals surface area contributed by atoms with Gasteiger partial charge in [-0.15, -0.1) is 0 Å². The first kappa shape index (κ1) is 30.2. The van der Waals surface area contributed by atoms with E-state index in [1.54, 1.807) is 43.3 Å². The van der Waals surface area contributed by atoms with Gasteiger partial charge in [0.05, 0.1) is 5.75 Å². The summed E-state index contributed by atoms with van der Waals surface area (Å²) in [7, 11) is -3.84. The lowest BCUT2D eigenvalue weighted by Gasteiger charge is -2.07. The van der Waals surface area contributed by atoms with Crippen LogP contribution in [0.15, 0.2) is 68.4 Å². The van der Waals surface area contributed by atoms with E-state index in [4.69, 9.17) is 46.4 Å². The number of sulfone groups is 1. The Labute approximate surface area is 242 Å². The van der Waals surface area contributed by atoms with Crippen LogP contribution in [-0.2, 0) is 21.3 Å². The van der Waals surface area contributed by atoms with Crippen LogP contribution in [0.1, 0.15) is 22.5 Å². The number of rotatable bonds is 6. The number of thioether (sulfide) groups is 1. The van der Waals surface area contributed by atoms with Crippen LogP contribution in [0.25, 0.3) is 0 Å². The molecule has 0 aliphatic rings. The van der Waals surface area contributed by atoms with Crippen LogP contribution < -0.4 is 11.1 Å². The highest BCUT2D eigenvalue weighted by molar-refractivity contribution is 7.98. The molecule has 0 bridgehead atoms. The van der Waals surface area contributed by atoms with Crippen molar-refractivity contribution in [2.24, 2.45) is 0 Å². The topological polar surface area (TPSA) is 126 Å². The van der Waals surface area contributed by atoms with E-state index in [1.807, 2.05) is 0 Å². The van der Waals surface area contributed by atoms with Gasteiger partial charge in [0.1, 0.15) is 0 Å². The number of nitrogens with zero attached hydrogens (tertiary/aromatic N) is 2. The number of aryl methyl sites for hydroxylation is 2. The fourth-order valence-corrected chi connectivity index (χ4v) is 6.78. The fourth-order valence-electron chi connectivity index (χ4n) is 3.06. The molecule has 0 saturated carbocycles. The average Bonchev–Trinajstić information content (AvgIpc) is 2.80. The van der Waals surface area contributed by atoms with Crippen molar-refractivity contribution in [3.8, 4) is 0 Å². The lowest BCUT2D eigenvalue weighted by Crippen LogP contribution is -2.17. The first-order valence-electron chi connectivity index (χ1n) is 10.7. The molecule has 2 N–H and O–H groups in total. The van der Waals surface area contributed by atoms with Crippen molar-refractivity contribution in [3.63, 3.8) is 0 Å². The Bertz CT molecular complexity index is 1650. The zero-order valence-corrected chi connectivity index (χ0v) is 24.5. The summed E-state index contributed by atoms with van der Waals surface area (Å²) in [4.78, 5) is 35.6. The fraction of sp³-hybridized carbons (Fsp3) is 0.167. The van der Waals surface area contributed by atoms with Gasteiger partial charge in [0.2, 0.25) is 15.0 Å². The molecular formula is C24H20Cl4N4O4S2. The molecule has 4 rings (SSSR count). The second kappa shape index (κ2) is 13.1. The highest BCUT2D eigenvalue weighted by atomic mass is 35.5. The zero-order valence-electron chi connectivity index (χ0n) is 19.9. The summed E-state index contributed by atoms with van der Waals surface area (Å²) in [6.45, 7) is 3.32. The lowest BCUT2D eigenvalue weighted by molar-refractivity contribution is 0.584. The number of halogens is 4. The Kier molecular flexibility index (Phi) is 10.4. The van der Waals surface area contributed by atoms with E-state index in [-0.39, 0.29) is 21.2 Å². The zero-order chi connectivity index (χ0) is 28.0. The third-order valence-corrected chi connectivity index (χ3v) is 8.57. The molecule has 14 heteroatoms. The van der Waals surface area contributed by atoms with Gasteiger partial charge >= 0.3 is 0 Å². The Hall–Kier alpha value is -2.34. The first-order chi connectivity index (χ1) is 17.9. The molecule has 0 saturated heterocycles. The van der Waals surface area contributed by atoms with E-state index < -0.39 is 26.3 Å². The van der Waals surface area contributed by atoms with Crippen molar-refractivity contribution in [2.45, 2.75) is 35.7 Å². The quantitative estimate of drug-likeness (QED) is 0.196. The van der Waals surface area contributed by atoms with Gasteiger partial charge in [-0.1, -0.05) is 70.3 Å². The van der Waals surface area contributed by atoms with E-state index >= 15 is 0 Å². The van der Waals surface area contributed by atoms with Crippen molar-refractivity contribution in [1.29, 1.82) is 0 Å². The van der Waals surface area contributed by atoms with Gasteiger partial charge in [0, 0.05) is 54.9 Å². The molecule has 200 valence electrons. The van der Waals surface area contributed by atoms with Crippen molar-refractivity contribution in [1.82, 2.24) is 19.9 Å². The molecule has 0 unspecified atom stereocenters. The van der Waals surface area contributed by atoms with E-state index in [0.29, 0.717) is 32.3 Å². The third-order valence-electron chi connectivity index (χ3n) is 4.80. The molecule has 4 aromatic rings. The van der Waals surface area contributed by atoms with Crippen LogP contribution >= 0.6 is 58.2 Å². The van der Waals surface area contributed by atoms with E-state index in [1.165, 1.54) is 30.8 Å². The van der Waals surface area contributed by atoms with E-state index in [9.17, 15) is 18.0 Å². The van der Waals surface area contributed by atoms with E-state index in [0.717, 1.165) is 5.56 Å². The van der Waals surface area contributed by atoms with Crippen molar-refractivity contribution >= 4 is 68.0 Å². The summed E-state index contributed by atoms with van der Waals surface area (Å²) in [6.07, 6.45) is 0. The summed E-state index contributed by atoms with van der Waals surface area (Å²) in [5, 5.41) is 1.90. The minimum Gasteiger partial charge on any atom is -0.301 e. The van der Waals surface area contributed by atoms with Gasteiger partial charge in [0.15, 0.2) is 5.16 Å². The van der Waals surface area contributed by atoms with Gasteiger partial charge in [-0.3, -0.25) is 14.6 Å². The molecule has 0 fully saturated rings. The van der Waals surface area contributed by atoms with Crippen molar-refractivity contribution in [3.05, 3.63) is 112 Å². The Balaban J connectivity index is 0.000000212. The predicted octanol–water partition coefficient (Wildman–Crippen LogP) is 6.04. The summed E-state index contributed by atoms with van der Waals surface area (Å²) in [6, 6.07) is 12.7. The lowest BCUT2D eigenvalue weighted by atomic mass is 10.2. The van der Waals surface area contributed by atoms with Crippen LogP contribution in [0.2, 0.25) is 20.1 Å². The number of nitrogens with one attached hydrogen (secondary N) is 2. The maximum atomic E-state index is 12.3. The van der Waals surface area contributed by atoms with Gasteiger partial charge in [0.25, 0.3) is 11.1 Å². The van der Waals surface area contributed by atoms with Gasteiger partial charge in [-0.25, -0.2) is 18.4 Å². The highest BCUT2D eigenvalue weighted by Crippen LogP contribution is 2.30. The maximum Gasteiger partial charge on any atom is 0.251 e. The number of benzene rings is 2. The Morgan fingerprint density at radius 2 is 1.24 bits per heavy atom. The van der Waals surface area contributed by atoms with Crippen LogP contribution in [0.4, 0.5) is 0 Å². The minimum absolute atomic E-state index is 0.157. The molecule has 0 aliphatic carbocycles. The van der Waals surface area contributed by atoms with Gasteiger partial charge in [-0.05, 0) is 43.7 Å². The predicted molar refractivity (Wildman–Crippen MR) is 153 cm³/mol. The number of aromatic nitrogens is 4. The van der Waals surface area contributed by atoms with Crippen LogP contribution in [-0.4, -0.2) is 28.4 Å². The Morgan fingerprint density at radius 3 is 1.74 bits per heavy atom. The number of hydrogen-bond acceptors (Lipinski definition) is 7. The molecule has 0 spiro atoms. The standard InChI is InChI=1S/C12H10Cl2N2O3S.C12H10Cl2N2OS/c1-7-5-11(17)16-12(15-7)20(18,19)6-8-9(13)3-2-4-10(8)14;1-7-5-11(17)16-12(15-7)18-6-8-9(13)3-2-4-10(8)14/h2-5H,6H2,1H3,(H,15,16,17);2-5H,6H2,1H3,(H,15,16,17). The summed E-state index contributed by atoms with van der Waals surface area (Å²) in [5.41, 5.74) is 1.44. The van der Waals surface area contributed by atoms with E-state index in [2.05, 4.69) is 19.9 Å². The normalized spacial score (nSPS) is 11.1. The SMILES string of the molecule is Cc1cc(=O)[nH]c(S(=O)(=O)Cc2c(Cl)cccc2Cl)n1.Cc1cc(=O)[nH]c(SCc2c(Cl)cccc2Cl)n1. The van der Waals surface area contributed by atoms with Crippen LogP contribution in [0.5, 0.6) is 0 Å². The number of aromatic amines is 2. The molecule has 0 aliphatic heterocycles. The number of hydrogen-bond donors (Lipinski definition) is 2. The van der Waals surface area contributed by atoms with Crippen LogP contribution in [0, 0.1) is 13.8 Å². The molecule has 0 radical (unpaired) electrons. The van der Waals surface area contributed by atoms with Gasteiger partial charge < -0.3 is 4.98 Å². The third kappa shape index (κ3) is 8.33. The van der Waals surface area contributed by atoms with Crippen molar-refractivity contribution in [2.75, 3.05) is 0 Å². The minimum atomic E-state index is -3.84. The molecule has 2 heterocycles. The number of H-pyrrole nitrogens is 2.